The van der Waals surface area contributed by atoms with Gasteiger partial charge in [0.15, 0.2) is 0 Å². The van der Waals surface area contributed by atoms with Crippen LogP contribution in [-0.2, 0) is 11.3 Å². The average molecular weight is 236 g/mol. The van der Waals surface area contributed by atoms with Crippen LogP contribution in [0, 0.1) is 0 Å². The van der Waals surface area contributed by atoms with Crippen molar-refractivity contribution < 1.29 is 4.79 Å². The average Bonchev–Trinajstić information content (AvgIpc) is 2.83. The summed E-state index contributed by atoms with van der Waals surface area (Å²) in [7, 11) is 0. The molecule has 0 radical (unpaired) electrons. The van der Waals surface area contributed by atoms with E-state index in [1.807, 2.05) is 0 Å². The van der Waals surface area contributed by atoms with Crippen LogP contribution in [0.2, 0.25) is 0 Å². The first-order chi connectivity index (χ1) is 8.34. The molecule has 0 aliphatic carbocycles. The number of amides is 1. The Kier molecular flexibility index (Phi) is 4.20. The van der Waals surface area contributed by atoms with Crippen LogP contribution in [0.4, 0.5) is 0 Å². The van der Waals surface area contributed by atoms with Gasteiger partial charge in [-0.25, -0.2) is 4.68 Å². The van der Waals surface area contributed by atoms with E-state index in [9.17, 15) is 4.79 Å². The minimum atomic E-state index is -0.0650. The summed E-state index contributed by atoms with van der Waals surface area (Å²) >= 11 is 0. The Morgan fingerprint density at radius 1 is 1.41 bits per heavy atom. The van der Waals surface area contributed by atoms with Gasteiger partial charge >= 0.3 is 0 Å². The van der Waals surface area contributed by atoms with E-state index < -0.39 is 0 Å². The molecule has 0 unspecified atom stereocenters. The molecule has 0 saturated carbocycles. The van der Waals surface area contributed by atoms with Gasteiger partial charge in [-0.15, -0.1) is 5.10 Å². The summed E-state index contributed by atoms with van der Waals surface area (Å²) in [6.07, 6.45) is 6.87. The van der Waals surface area contributed by atoms with E-state index in [1.54, 1.807) is 0 Å². The topological polar surface area (TPSA) is 75.9 Å². The normalized spacial score (nSPS) is 16.0. The lowest BCUT2D eigenvalue weighted by molar-refractivity contribution is -0.121. The highest BCUT2D eigenvalue weighted by atomic mass is 16.2. The minimum absolute atomic E-state index is 0.0650. The minimum Gasteiger partial charge on any atom is -0.353 e. The summed E-state index contributed by atoms with van der Waals surface area (Å²) in [6, 6.07) is 0. The molecule has 0 atom stereocenters. The number of aromatic nitrogens is 4. The molecule has 1 aliphatic heterocycles. The van der Waals surface area contributed by atoms with E-state index in [1.165, 1.54) is 11.0 Å². The second-order valence-electron chi connectivity index (χ2n) is 3.92. The Labute approximate surface area is 99.5 Å². The third-order valence-electron chi connectivity index (χ3n) is 2.59. The molecule has 1 amide bonds. The van der Waals surface area contributed by atoms with Crippen molar-refractivity contribution in [3.63, 3.8) is 0 Å². The van der Waals surface area contributed by atoms with Crippen molar-refractivity contribution in [3.05, 3.63) is 18.5 Å². The first-order valence-electron chi connectivity index (χ1n) is 5.69. The third kappa shape index (κ3) is 3.95. The lowest BCUT2D eigenvalue weighted by Gasteiger charge is -2.22. The van der Waals surface area contributed by atoms with Crippen LogP contribution in [0.3, 0.4) is 0 Å². The SMILES string of the molecule is O=C(Cn1cnnn1)NCCN1CC=CCC1. The predicted molar refractivity (Wildman–Crippen MR) is 61.0 cm³/mol. The van der Waals surface area contributed by atoms with E-state index in [-0.39, 0.29) is 12.5 Å². The summed E-state index contributed by atoms with van der Waals surface area (Å²) in [5, 5.41) is 13.4. The summed E-state index contributed by atoms with van der Waals surface area (Å²) < 4.78 is 1.40. The lowest BCUT2D eigenvalue weighted by atomic mass is 10.2. The highest BCUT2D eigenvalue weighted by Gasteiger charge is 2.07. The molecule has 1 aliphatic rings. The zero-order chi connectivity index (χ0) is 11.9. The molecule has 17 heavy (non-hydrogen) atoms. The lowest BCUT2D eigenvalue weighted by Crippen LogP contribution is -2.37. The second-order valence-corrected chi connectivity index (χ2v) is 3.92. The van der Waals surface area contributed by atoms with E-state index in [2.05, 4.69) is 37.9 Å². The quantitative estimate of drug-likeness (QED) is 0.667. The van der Waals surface area contributed by atoms with Gasteiger partial charge in [-0.2, -0.15) is 0 Å². The number of hydrogen-bond acceptors (Lipinski definition) is 5. The molecular weight excluding hydrogens is 220 g/mol. The van der Waals surface area contributed by atoms with Crippen molar-refractivity contribution >= 4 is 5.91 Å². The number of hydrogen-bond donors (Lipinski definition) is 1. The predicted octanol–water partition coefficient (Wildman–Crippen LogP) is -0.949. The van der Waals surface area contributed by atoms with Gasteiger partial charge < -0.3 is 5.32 Å². The highest BCUT2D eigenvalue weighted by Crippen LogP contribution is 1.99. The Balaban J connectivity index is 1.61. The highest BCUT2D eigenvalue weighted by molar-refractivity contribution is 5.75. The van der Waals surface area contributed by atoms with Crippen molar-refractivity contribution in [2.45, 2.75) is 13.0 Å². The monoisotopic (exact) mass is 236 g/mol. The Morgan fingerprint density at radius 3 is 3.06 bits per heavy atom. The number of carbonyl (C=O) groups excluding carboxylic acids is 1. The molecular formula is C10H16N6O. The number of tetrazole rings is 1. The van der Waals surface area contributed by atoms with Gasteiger partial charge in [0.05, 0.1) is 0 Å². The number of nitrogens with one attached hydrogen (secondary N) is 1. The van der Waals surface area contributed by atoms with Gasteiger partial charge in [-0.05, 0) is 16.8 Å². The maximum Gasteiger partial charge on any atom is 0.241 e. The summed E-state index contributed by atoms with van der Waals surface area (Å²) in [4.78, 5) is 13.8. The van der Waals surface area contributed by atoms with Crippen molar-refractivity contribution in [1.82, 2.24) is 30.4 Å². The first-order valence-corrected chi connectivity index (χ1v) is 5.69. The maximum absolute atomic E-state index is 11.5. The Bertz CT molecular complexity index is 374. The zero-order valence-corrected chi connectivity index (χ0v) is 9.62. The number of nitrogens with zero attached hydrogens (tertiary/aromatic N) is 5. The van der Waals surface area contributed by atoms with E-state index in [4.69, 9.17) is 0 Å². The van der Waals surface area contributed by atoms with Crippen molar-refractivity contribution in [3.8, 4) is 0 Å². The van der Waals surface area contributed by atoms with Gasteiger partial charge in [-0.3, -0.25) is 9.69 Å². The first kappa shape index (κ1) is 11.7. The smallest absolute Gasteiger partial charge is 0.241 e. The second kappa shape index (κ2) is 6.09. The maximum atomic E-state index is 11.5. The zero-order valence-electron chi connectivity index (χ0n) is 9.62. The van der Waals surface area contributed by atoms with Crippen LogP contribution in [-0.4, -0.2) is 57.2 Å². The van der Waals surface area contributed by atoms with Gasteiger partial charge in [0.25, 0.3) is 0 Å². The molecule has 1 N–H and O–H groups in total. The molecule has 92 valence electrons. The van der Waals surface area contributed by atoms with Crippen LogP contribution in [0.1, 0.15) is 6.42 Å². The molecule has 2 rings (SSSR count). The molecule has 2 heterocycles. The van der Waals surface area contributed by atoms with Crippen LogP contribution in [0.25, 0.3) is 0 Å². The molecule has 1 aromatic heterocycles. The van der Waals surface area contributed by atoms with E-state index in [0.29, 0.717) is 6.54 Å². The Hall–Kier alpha value is -1.76. The molecule has 0 fully saturated rings. The van der Waals surface area contributed by atoms with Gasteiger partial charge in [0.1, 0.15) is 12.9 Å². The summed E-state index contributed by atoms with van der Waals surface area (Å²) in [5.41, 5.74) is 0. The molecule has 0 aromatic carbocycles. The number of rotatable bonds is 5. The van der Waals surface area contributed by atoms with Gasteiger partial charge in [0.2, 0.25) is 5.91 Å². The summed E-state index contributed by atoms with van der Waals surface area (Å²) in [6.45, 7) is 3.76. The Morgan fingerprint density at radius 2 is 2.35 bits per heavy atom. The molecule has 7 heteroatoms. The summed E-state index contributed by atoms with van der Waals surface area (Å²) in [5.74, 6) is -0.0650. The van der Waals surface area contributed by atoms with Crippen molar-refractivity contribution in [2.24, 2.45) is 0 Å². The molecule has 0 spiro atoms. The van der Waals surface area contributed by atoms with Crippen LogP contribution in [0.15, 0.2) is 18.5 Å². The molecule has 7 nitrogen and oxygen atoms in total. The fraction of sp³-hybridized carbons (Fsp3) is 0.600. The van der Waals surface area contributed by atoms with Crippen molar-refractivity contribution in [1.29, 1.82) is 0 Å². The molecule has 0 saturated heterocycles. The fourth-order valence-electron chi connectivity index (χ4n) is 1.70. The van der Waals surface area contributed by atoms with Crippen LogP contribution >= 0.6 is 0 Å². The molecule has 1 aromatic rings. The van der Waals surface area contributed by atoms with Gasteiger partial charge in [0, 0.05) is 26.2 Å². The van der Waals surface area contributed by atoms with Crippen LogP contribution in [0.5, 0.6) is 0 Å². The standard InChI is InChI=1S/C10H16N6O/c17-10(8-16-9-12-13-14-16)11-4-7-15-5-2-1-3-6-15/h1-2,9H,3-8H2,(H,11,17). The number of carbonyl (C=O) groups is 1. The fourth-order valence-corrected chi connectivity index (χ4v) is 1.70. The van der Waals surface area contributed by atoms with Gasteiger partial charge in [-0.1, -0.05) is 12.2 Å². The largest absolute Gasteiger partial charge is 0.353 e. The van der Waals surface area contributed by atoms with E-state index >= 15 is 0 Å². The molecule has 0 bridgehead atoms. The van der Waals surface area contributed by atoms with Crippen molar-refractivity contribution in [2.75, 3.05) is 26.2 Å². The third-order valence-corrected chi connectivity index (χ3v) is 2.59. The van der Waals surface area contributed by atoms with Crippen LogP contribution < -0.4 is 5.32 Å². The van der Waals surface area contributed by atoms with E-state index in [0.717, 1.165) is 26.1 Å².